The van der Waals surface area contributed by atoms with Crippen molar-refractivity contribution in [1.29, 1.82) is 0 Å². The highest BCUT2D eigenvalue weighted by atomic mass is 32.2. The third-order valence-electron chi connectivity index (χ3n) is 3.78. The third-order valence-corrected chi connectivity index (χ3v) is 5.75. The van der Waals surface area contributed by atoms with Crippen LogP contribution in [-0.2, 0) is 0 Å². The summed E-state index contributed by atoms with van der Waals surface area (Å²) in [6.07, 6.45) is 1.80. The number of hydrogen-bond acceptors (Lipinski definition) is 6. The topological polar surface area (TPSA) is 68.0 Å². The average Bonchev–Trinajstić information content (AvgIpc) is 3.14. The van der Waals surface area contributed by atoms with E-state index in [-0.39, 0.29) is 5.91 Å². The minimum atomic E-state index is -0.308. The molecule has 3 aromatic rings. The van der Waals surface area contributed by atoms with Gasteiger partial charge in [0.2, 0.25) is 5.13 Å². The first kappa shape index (κ1) is 16.7. The van der Waals surface area contributed by atoms with Crippen LogP contribution >= 0.6 is 23.1 Å². The zero-order valence-electron chi connectivity index (χ0n) is 13.7. The van der Waals surface area contributed by atoms with E-state index in [1.165, 1.54) is 23.1 Å². The van der Waals surface area contributed by atoms with Gasteiger partial charge in [0.15, 0.2) is 10.1 Å². The summed E-state index contributed by atoms with van der Waals surface area (Å²) in [5.74, 6) is 0.760. The molecule has 1 N–H and O–H groups in total. The Morgan fingerprint density at radius 3 is 2.88 bits per heavy atom. The first-order chi connectivity index (χ1) is 11.5. The predicted octanol–water partition coefficient (Wildman–Crippen LogP) is 4.74. The number of fused-ring (bicyclic) bond motifs is 1. The van der Waals surface area contributed by atoms with Crippen LogP contribution in [0, 0.1) is 20.8 Å². The molecular formula is C17H17N3O2S2. The summed E-state index contributed by atoms with van der Waals surface area (Å²) in [5.41, 5.74) is 3.78. The zero-order chi connectivity index (χ0) is 17.3. The van der Waals surface area contributed by atoms with Crippen LogP contribution in [0.5, 0.6) is 0 Å². The lowest BCUT2D eigenvalue weighted by Crippen LogP contribution is -2.11. The molecule has 0 spiro atoms. The highest BCUT2D eigenvalue weighted by molar-refractivity contribution is 8.01. The molecule has 24 heavy (non-hydrogen) atoms. The van der Waals surface area contributed by atoms with Crippen LogP contribution in [-0.4, -0.2) is 21.9 Å². The zero-order valence-corrected chi connectivity index (χ0v) is 15.3. The molecule has 7 heteroatoms. The maximum atomic E-state index is 12.5. The van der Waals surface area contributed by atoms with Crippen molar-refractivity contribution in [2.75, 3.05) is 11.1 Å². The average molecular weight is 359 g/mol. The number of carbonyl (C=O) groups is 1. The van der Waals surface area contributed by atoms with Crippen LogP contribution in [0.3, 0.4) is 0 Å². The molecule has 0 aliphatic rings. The molecule has 124 valence electrons. The number of aryl methyl sites for hydroxylation is 3. The van der Waals surface area contributed by atoms with Crippen molar-refractivity contribution in [2.24, 2.45) is 0 Å². The van der Waals surface area contributed by atoms with E-state index in [0.29, 0.717) is 10.9 Å². The van der Waals surface area contributed by atoms with E-state index in [4.69, 9.17) is 4.42 Å². The molecule has 2 aromatic heterocycles. The number of amides is 1. The van der Waals surface area contributed by atoms with E-state index in [0.717, 1.165) is 37.8 Å². The smallest absolute Gasteiger partial charge is 0.293 e. The first-order valence-corrected chi connectivity index (χ1v) is 9.19. The molecule has 2 heterocycles. The van der Waals surface area contributed by atoms with E-state index in [2.05, 4.69) is 22.1 Å². The van der Waals surface area contributed by atoms with Gasteiger partial charge in [-0.1, -0.05) is 41.3 Å². The molecule has 0 atom stereocenters. The number of carbonyl (C=O) groups excluding carboxylic acids is 1. The third kappa shape index (κ3) is 3.09. The quantitative estimate of drug-likeness (QED) is 0.405. The molecule has 3 rings (SSSR count). The second-order valence-corrected chi connectivity index (χ2v) is 7.61. The van der Waals surface area contributed by atoms with Crippen molar-refractivity contribution in [1.82, 2.24) is 10.2 Å². The Morgan fingerprint density at radius 2 is 2.12 bits per heavy atom. The van der Waals surface area contributed by atoms with Crippen LogP contribution in [0.15, 0.2) is 33.5 Å². The Bertz CT molecular complexity index is 927. The van der Waals surface area contributed by atoms with Gasteiger partial charge in [-0.3, -0.25) is 10.1 Å². The van der Waals surface area contributed by atoms with Crippen LogP contribution in [0.4, 0.5) is 5.13 Å². The predicted molar refractivity (Wildman–Crippen MR) is 99.2 cm³/mol. The summed E-state index contributed by atoms with van der Waals surface area (Å²) in [7, 11) is 0. The highest BCUT2D eigenvalue weighted by Gasteiger charge is 2.20. The summed E-state index contributed by atoms with van der Waals surface area (Å²) in [6.45, 7) is 9.58. The number of nitrogens with zero attached hydrogens (tertiary/aromatic N) is 2. The summed E-state index contributed by atoms with van der Waals surface area (Å²) in [6, 6.07) is 4.03. The Labute approximate surface area is 148 Å². The largest absolute Gasteiger partial charge is 0.450 e. The van der Waals surface area contributed by atoms with Crippen molar-refractivity contribution in [2.45, 2.75) is 25.1 Å². The van der Waals surface area contributed by atoms with Crippen LogP contribution in [0.2, 0.25) is 0 Å². The molecule has 0 saturated carbocycles. The van der Waals surface area contributed by atoms with Crippen molar-refractivity contribution in [3.05, 3.63) is 47.2 Å². The van der Waals surface area contributed by atoms with Gasteiger partial charge in [-0.25, -0.2) is 0 Å². The first-order valence-electron chi connectivity index (χ1n) is 7.39. The SMILES string of the molecule is C=CCSc1nnc(NC(=O)c2oc3c(C)c(C)ccc3c2C)s1. The van der Waals surface area contributed by atoms with Gasteiger partial charge >= 0.3 is 0 Å². The van der Waals surface area contributed by atoms with Crippen LogP contribution in [0.1, 0.15) is 27.2 Å². The normalized spacial score (nSPS) is 11.0. The van der Waals surface area contributed by atoms with Gasteiger partial charge < -0.3 is 4.42 Å². The molecule has 5 nitrogen and oxygen atoms in total. The second kappa shape index (κ2) is 6.78. The van der Waals surface area contributed by atoms with E-state index in [1.807, 2.05) is 32.9 Å². The molecule has 0 aliphatic heterocycles. The molecule has 0 unspecified atom stereocenters. The van der Waals surface area contributed by atoms with Crippen molar-refractivity contribution in [3.63, 3.8) is 0 Å². The monoisotopic (exact) mass is 359 g/mol. The molecule has 0 saturated heterocycles. The molecule has 0 aliphatic carbocycles. The summed E-state index contributed by atoms with van der Waals surface area (Å²) >= 11 is 2.86. The van der Waals surface area contributed by atoms with E-state index in [1.54, 1.807) is 6.08 Å². The number of rotatable bonds is 5. The standard InChI is InChI=1S/C17H17N3O2S2/c1-5-8-23-17-20-19-16(24-17)18-15(21)14-11(4)12-7-6-9(2)10(3)13(12)22-14/h5-7H,1,8H2,2-4H3,(H,18,19,21). The van der Waals surface area contributed by atoms with Gasteiger partial charge in [0, 0.05) is 16.7 Å². The lowest BCUT2D eigenvalue weighted by molar-refractivity contribution is 0.0998. The van der Waals surface area contributed by atoms with E-state index in [9.17, 15) is 4.79 Å². The van der Waals surface area contributed by atoms with E-state index >= 15 is 0 Å². The van der Waals surface area contributed by atoms with Crippen LogP contribution in [0.25, 0.3) is 11.0 Å². The lowest BCUT2D eigenvalue weighted by atomic mass is 10.0. The van der Waals surface area contributed by atoms with E-state index < -0.39 is 0 Å². The highest BCUT2D eigenvalue weighted by Crippen LogP contribution is 2.31. The number of benzene rings is 1. The Kier molecular flexibility index (Phi) is 4.73. The maximum absolute atomic E-state index is 12.5. The second-order valence-electron chi connectivity index (χ2n) is 5.37. The fourth-order valence-electron chi connectivity index (χ4n) is 2.34. The van der Waals surface area contributed by atoms with Gasteiger partial charge in [0.1, 0.15) is 5.58 Å². The van der Waals surface area contributed by atoms with Crippen molar-refractivity contribution >= 4 is 45.1 Å². The molecule has 1 amide bonds. The van der Waals surface area contributed by atoms with Gasteiger partial charge in [-0.2, -0.15) is 0 Å². The number of aromatic nitrogens is 2. The number of thioether (sulfide) groups is 1. The van der Waals surface area contributed by atoms with Gasteiger partial charge in [0.05, 0.1) is 0 Å². The fourth-order valence-corrected chi connectivity index (χ4v) is 3.85. The minimum absolute atomic E-state index is 0.308. The van der Waals surface area contributed by atoms with Crippen molar-refractivity contribution < 1.29 is 9.21 Å². The molecule has 1 aromatic carbocycles. The molecule has 0 fully saturated rings. The fraction of sp³-hybridized carbons (Fsp3) is 0.235. The summed E-state index contributed by atoms with van der Waals surface area (Å²) in [5, 5.41) is 12.2. The van der Waals surface area contributed by atoms with Gasteiger partial charge in [-0.15, -0.1) is 16.8 Å². The number of furan rings is 1. The number of hydrogen-bond donors (Lipinski definition) is 1. The Hall–Kier alpha value is -2.12. The Morgan fingerprint density at radius 1 is 1.33 bits per heavy atom. The lowest BCUT2D eigenvalue weighted by Gasteiger charge is -1.99. The van der Waals surface area contributed by atoms with Crippen molar-refractivity contribution in [3.8, 4) is 0 Å². The molecule has 0 bridgehead atoms. The van der Waals surface area contributed by atoms with Crippen LogP contribution < -0.4 is 5.32 Å². The maximum Gasteiger partial charge on any atom is 0.293 e. The Balaban J connectivity index is 1.86. The molecule has 0 radical (unpaired) electrons. The number of nitrogens with one attached hydrogen (secondary N) is 1. The summed E-state index contributed by atoms with van der Waals surface area (Å²) in [4.78, 5) is 12.5. The summed E-state index contributed by atoms with van der Waals surface area (Å²) < 4.78 is 6.63. The number of anilines is 1. The minimum Gasteiger partial charge on any atom is -0.450 e. The molecular weight excluding hydrogens is 342 g/mol. The van der Waals surface area contributed by atoms with Gasteiger partial charge in [0.25, 0.3) is 5.91 Å². The van der Waals surface area contributed by atoms with Gasteiger partial charge in [-0.05, 0) is 31.9 Å².